The number of rotatable bonds is 1. The van der Waals surface area contributed by atoms with Crippen molar-refractivity contribution >= 4 is 30.6 Å². The van der Waals surface area contributed by atoms with Crippen LogP contribution in [0.2, 0.25) is 11.6 Å². The Morgan fingerprint density at radius 2 is 1.80 bits per heavy atom. The first-order valence-corrected chi connectivity index (χ1v) is 5.17. The van der Waals surface area contributed by atoms with Crippen LogP contribution in [0.4, 0.5) is 0 Å². The lowest BCUT2D eigenvalue weighted by Gasteiger charge is -1.71. The van der Waals surface area contributed by atoms with Gasteiger partial charge in [0.1, 0.15) is 0 Å². The molecule has 0 aliphatic rings. The second-order valence-electron chi connectivity index (χ2n) is 1.38. The van der Waals surface area contributed by atoms with Crippen molar-refractivity contribution in [2.75, 3.05) is 0 Å². The summed E-state index contributed by atoms with van der Waals surface area (Å²) in [5.41, 5.74) is 0. The van der Waals surface area contributed by atoms with Crippen molar-refractivity contribution in [1.82, 2.24) is 0 Å². The van der Waals surface area contributed by atoms with Crippen LogP contribution in [0.1, 0.15) is 0 Å². The molecule has 0 fully saturated rings. The fourth-order valence-electron chi connectivity index (χ4n) is 0. The first-order chi connectivity index (χ1) is 2.27. The minimum Gasteiger partial charge on any atom is -0.113 e. The monoisotopic (exact) mass is 102 g/mol. The van der Waals surface area contributed by atoms with Gasteiger partial charge in [0.25, 0.3) is 0 Å². The van der Waals surface area contributed by atoms with Gasteiger partial charge in [0, 0.05) is 0 Å². The standard InChI is InChI=1S/CHS.2CH3.Al/c1-2;;;/h1H;2*1H3;. The molecule has 0 aliphatic heterocycles. The second kappa shape index (κ2) is 2.84. The highest BCUT2D eigenvalue weighted by molar-refractivity contribution is 7.82. The van der Waals surface area contributed by atoms with E-state index in [1.807, 2.05) is 4.23 Å². The van der Waals surface area contributed by atoms with Crippen LogP contribution in [-0.4, -0.2) is 18.4 Å². The van der Waals surface area contributed by atoms with E-state index in [0.29, 0.717) is 0 Å². The van der Waals surface area contributed by atoms with Crippen LogP contribution in [0.25, 0.3) is 0 Å². The van der Waals surface area contributed by atoms with Crippen molar-refractivity contribution in [3.05, 3.63) is 0 Å². The van der Waals surface area contributed by atoms with Crippen molar-refractivity contribution < 1.29 is 0 Å². The molecule has 0 rings (SSSR count). The summed E-state index contributed by atoms with van der Waals surface area (Å²) < 4.78 is 1.89. The fraction of sp³-hybridized carbons (Fsp3) is 0.667. The lowest BCUT2D eigenvalue weighted by Crippen LogP contribution is -1.97. The molecule has 0 aliphatic carbocycles. The lowest BCUT2D eigenvalue weighted by molar-refractivity contribution is 2.09. The minimum atomic E-state index is -0.460. The smallest absolute Gasteiger partial charge is 0.113 e. The maximum atomic E-state index is 4.61. The third-order valence-electron chi connectivity index (χ3n) is 0.272. The van der Waals surface area contributed by atoms with E-state index in [9.17, 15) is 0 Å². The van der Waals surface area contributed by atoms with E-state index in [1.165, 1.54) is 0 Å². The van der Waals surface area contributed by atoms with Gasteiger partial charge in [0.15, 0.2) is 0 Å². The summed E-state index contributed by atoms with van der Waals surface area (Å²) in [6.45, 7) is 0. The summed E-state index contributed by atoms with van der Waals surface area (Å²) in [5.74, 6) is 4.40. The second-order valence-corrected chi connectivity index (χ2v) is 4.96. The first kappa shape index (κ1) is 5.62. The maximum Gasteiger partial charge on any atom is 0.305 e. The Morgan fingerprint density at radius 3 is 1.80 bits per heavy atom. The molecular formula is C3H7AlS. The van der Waals surface area contributed by atoms with Crippen LogP contribution < -0.4 is 0 Å². The van der Waals surface area contributed by atoms with Gasteiger partial charge in [-0.05, 0) is 0 Å². The molecule has 0 N–H and O–H groups in total. The van der Waals surface area contributed by atoms with E-state index in [1.54, 1.807) is 0 Å². The largest absolute Gasteiger partial charge is 0.305 e. The normalized spacial score (nSPS) is 6.80. The Balaban J connectivity index is 2.83. The zero-order valence-corrected chi connectivity index (χ0v) is 5.53. The molecule has 0 spiro atoms. The Labute approximate surface area is 42.6 Å². The zero-order chi connectivity index (χ0) is 4.28. The molecule has 0 unspecified atom stereocenters. The van der Waals surface area contributed by atoms with E-state index >= 15 is 0 Å². The molecule has 0 atom stereocenters. The summed E-state index contributed by atoms with van der Waals surface area (Å²) in [7, 11) is 0. The molecule has 0 bridgehead atoms. The van der Waals surface area contributed by atoms with Crippen LogP contribution in [0.3, 0.4) is 0 Å². The molecule has 0 nitrogen and oxygen atoms in total. The van der Waals surface area contributed by atoms with Crippen LogP contribution in [0.15, 0.2) is 0 Å². The highest BCUT2D eigenvalue weighted by Gasteiger charge is 1.89. The Bertz CT molecular complexity index is 33.9. The van der Waals surface area contributed by atoms with Crippen LogP contribution in [-0.2, 0) is 0 Å². The predicted octanol–water partition coefficient (Wildman–Crippen LogP) is 1.28. The Kier molecular flexibility index (Phi) is 3.19. The van der Waals surface area contributed by atoms with Gasteiger partial charge < -0.3 is 0 Å². The summed E-state index contributed by atoms with van der Waals surface area (Å²) in [6, 6.07) is 0. The van der Waals surface area contributed by atoms with Gasteiger partial charge in [-0.1, -0.05) is 4.23 Å². The van der Waals surface area contributed by atoms with Crippen molar-refractivity contribution in [3.8, 4) is 0 Å². The van der Waals surface area contributed by atoms with E-state index in [4.69, 9.17) is 0 Å². The molecule has 0 aromatic carbocycles. The van der Waals surface area contributed by atoms with Gasteiger partial charge in [0.2, 0.25) is 0 Å². The van der Waals surface area contributed by atoms with Crippen molar-refractivity contribution in [2.45, 2.75) is 11.6 Å². The van der Waals surface area contributed by atoms with E-state index in [0.717, 1.165) is 0 Å². The van der Waals surface area contributed by atoms with Gasteiger partial charge in [-0.25, -0.2) is 0 Å². The van der Waals surface area contributed by atoms with E-state index < -0.39 is 14.1 Å². The molecule has 0 saturated heterocycles. The van der Waals surface area contributed by atoms with Gasteiger partial charge >= 0.3 is 14.1 Å². The van der Waals surface area contributed by atoms with Gasteiger partial charge in [0.05, 0.1) is 0 Å². The summed E-state index contributed by atoms with van der Waals surface area (Å²) >= 11 is 4.15. The van der Waals surface area contributed by atoms with Crippen molar-refractivity contribution in [1.29, 1.82) is 0 Å². The molecule has 2 heteroatoms. The molecule has 0 radical (unpaired) electrons. The predicted molar refractivity (Wildman–Crippen MR) is 31.1 cm³/mol. The summed E-state index contributed by atoms with van der Waals surface area (Å²) in [5, 5.41) is 0. The zero-order valence-electron chi connectivity index (χ0n) is 3.56. The summed E-state index contributed by atoms with van der Waals surface area (Å²) in [6.07, 6.45) is 0. The highest BCUT2D eigenvalue weighted by Crippen LogP contribution is 1.68. The molecule has 0 heterocycles. The van der Waals surface area contributed by atoms with E-state index in [-0.39, 0.29) is 0 Å². The van der Waals surface area contributed by atoms with Crippen LogP contribution in [0, 0.1) is 0 Å². The number of thiocarbonyl (C=S) groups is 1. The van der Waals surface area contributed by atoms with Crippen molar-refractivity contribution in [3.63, 3.8) is 0 Å². The van der Waals surface area contributed by atoms with Gasteiger partial charge in [-0.3, -0.25) is 0 Å². The maximum absolute atomic E-state index is 4.61. The highest BCUT2D eigenvalue weighted by atomic mass is 32.1. The van der Waals surface area contributed by atoms with Crippen LogP contribution in [0.5, 0.6) is 0 Å². The molecular weight excluding hydrogens is 95.1 g/mol. The molecule has 5 heavy (non-hydrogen) atoms. The molecule has 0 aromatic heterocycles. The fourth-order valence-corrected chi connectivity index (χ4v) is 0. The quantitative estimate of drug-likeness (QED) is 0.355. The van der Waals surface area contributed by atoms with Gasteiger partial charge in [-0.2, -0.15) is 0 Å². The molecule has 0 saturated carbocycles. The van der Waals surface area contributed by atoms with Gasteiger partial charge in [-0.15, -0.1) is 23.8 Å². The molecule has 28 valence electrons. The third-order valence-corrected chi connectivity index (χ3v) is 2.45. The average molecular weight is 102 g/mol. The molecule has 0 aromatic rings. The number of hydrogen-bond donors (Lipinski definition) is 0. The van der Waals surface area contributed by atoms with Crippen LogP contribution >= 0.6 is 12.2 Å². The van der Waals surface area contributed by atoms with E-state index in [2.05, 4.69) is 23.8 Å². The average Bonchev–Trinajstić information content (AvgIpc) is 1.38. The third kappa shape index (κ3) is 4.62. The Hall–Kier alpha value is 0.622. The minimum absolute atomic E-state index is 0.460. The topological polar surface area (TPSA) is 0 Å². The Morgan fingerprint density at radius 1 is 1.60 bits per heavy atom. The molecule has 0 amide bonds. The SMILES string of the molecule is [CH3][Al]([CH3])[CH]=S. The summed E-state index contributed by atoms with van der Waals surface area (Å²) in [4.78, 5) is 0. The first-order valence-electron chi connectivity index (χ1n) is 1.72. The number of hydrogen-bond acceptors (Lipinski definition) is 1. The lowest BCUT2D eigenvalue weighted by atomic mass is 11.8. The van der Waals surface area contributed by atoms with Crippen molar-refractivity contribution in [2.24, 2.45) is 0 Å².